The molecule has 0 N–H and O–H groups in total. The van der Waals surface area contributed by atoms with Crippen LogP contribution in [0.3, 0.4) is 0 Å². The number of nitrogens with zero attached hydrogens (tertiary/aromatic N) is 3. The Hall–Kier alpha value is -1.89. The maximum absolute atomic E-state index is 12.4. The average molecular weight is 276 g/mol. The lowest BCUT2D eigenvalue weighted by Crippen LogP contribution is -2.08. The first-order valence-electron chi connectivity index (χ1n) is 4.64. The van der Waals surface area contributed by atoms with Crippen molar-refractivity contribution in [2.75, 3.05) is 0 Å². The highest BCUT2D eigenvalue weighted by molar-refractivity contribution is 6.30. The highest BCUT2D eigenvalue weighted by Crippen LogP contribution is 2.29. The zero-order chi connectivity index (χ0) is 13.2. The molecule has 0 unspecified atom stereocenters. The van der Waals surface area contributed by atoms with E-state index in [-0.39, 0.29) is 5.75 Å². The van der Waals surface area contributed by atoms with Crippen LogP contribution < -0.4 is 4.74 Å². The summed E-state index contributed by atoms with van der Waals surface area (Å²) in [7, 11) is 0. The molecule has 0 spiro atoms. The zero-order valence-corrected chi connectivity index (χ0v) is 9.40. The van der Waals surface area contributed by atoms with E-state index in [1.54, 1.807) is 0 Å². The van der Waals surface area contributed by atoms with Crippen LogP contribution in [0.15, 0.2) is 30.7 Å². The second-order valence-electron chi connectivity index (χ2n) is 3.16. The van der Waals surface area contributed by atoms with Crippen molar-refractivity contribution < 1.29 is 17.9 Å². The van der Waals surface area contributed by atoms with Crippen molar-refractivity contribution in [3.63, 3.8) is 0 Å². The van der Waals surface area contributed by atoms with Gasteiger partial charge in [0.25, 0.3) is 0 Å². The monoisotopic (exact) mass is 275 g/mol. The number of hydrogen-bond acceptors (Lipinski definition) is 4. The number of rotatable bonds is 2. The molecular formula is C10H5ClF3N3O. The normalized spacial score (nSPS) is 11.3. The summed E-state index contributed by atoms with van der Waals surface area (Å²) in [6.45, 7) is 0. The topological polar surface area (TPSA) is 47.9 Å². The van der Waals surface area contributed by atoms with Gasteiger partial charge in [-0.25, -0.2) is 4.98 Å². The summed E-state index contributed by atoms with van der Waals surface area (Å²) in [5.41, 5.74) is -1.08. The maximum Gasteiger partial charge on any atom is 0.433 e. The van der Waals surface area contributed by atoms with E-state index in [0.29, 0.717) is 5.02 Å². The van der Waals surface area contributed by atoms with Crippen LogP contribution in [0.2, 0.25) is 5.02 Å². The first kappa shape index (κ1) is 12.6. The molecule has 2 aromatic rings. The molecule has 2 rings (SSSR count). The van der Waals surface area contributed by atoms with Gasteiger partial charge in [0.2, 0.25) is 0 Å². The molecule has 4 nitrogen and oxygen atoms in total. The Kier molecular flexibility index (Phi) is 3.33. The summed E-state index contributed by atoms with van der Waals surface area (Å²) in [6, 6.07) is 1.72. The highest BCUT2D eigenvalue weighted by Gasteiger charge is 2.33. The summed E-state index contributed by atoms with van der Waals surface area (Å²) < 4.78 is 42.2. The van der Waals surface area contributed by atoms with Gasteiger partial charge < -0.3 is 4.74 Å². The molecule has 2 heterocycles. The molecule has 0 radical (unpaired) electrons. The molecule has 0 saturated carbocycles. The molecule has 0 aromatic carbocycles. The highest BCUT2D eigenvalue weighted by atomic mass is 35.5. The van der Waals surface area contributed by atoms with E-state index in [1.165, 1.54) is 18.5 Å². The second-order valence-corrected chi connectivity index (χ2v) is 3.60. The largest absolute Gasteiger partial charge is 0.433 e. The van der Waals surface area contributed by atoms with Crippen molar-refractivity contribution in [2.45, 2.75) is 6.18 Å². The second kappa shape index (κ2) is 4.77. The predicted octanol–water partition coefficient (Wildman–Crippen LogP) is 3.34. The molecule has 0 aliphatic carbocycles. The van der Waals surface area contributed by atoms with Crippen molar-refractivity contribution in [1.82, 2.24) is 15.0 Å². The van der Waals surface area contributed by atoms with E-state index in [4.69, 9.17) is 16.3 Å². The molecule has 0 saturated heterocycles. The van der Waals surface area contributed by atoms with Crippen LogP contribution in [0.5, 0.6) is 11.8 Å². The summed E-state index contributed by atoms with van der Waals surface area (Å²) in [5, 5.41) is 0.291. The molecule has 0 amide bonds. The van der Waals surface area contributed by atoms with Crippen molar-refractivity contribution >= 4 is 11.6 Å². The molecule has 0 aliphatic heterocycles. The van der Waals surface area contributed by atoms with Crippen molar-refractivity contribution in [3.8, 4) is 11.8 Å². The van der Waals surface area contributed by atoms with E-state index in [2.05, 4.69) is 15.0 Å². The Morgan fingerprint density at radius 3 is 2.67 bits per heavy atom. The maximum atomic E-state index is 12.4. The van der Waals surface area contributed by atoms with E-state index in [0.717, 1.165) is 12.3 Å². The number of alkyl halides is 3. The fourth-order valence-electron chi connectivity index (χ4n) is 1.10. The van der Waals surface area contributed by atoms with Gasteiger partial charge >= 0.3 is 12.2 Å². The Bertz CT molecular complexity index is 562. The van der Waals surface area contributed by atoms with Crippen LogP contribution in [0.25, 0.3) is 0 Å². The van der Waals surface area contributed by atoms with Crippen LogP contribution in [0.1, 0.15) is 5.69 Å². The lowest BCUT2D eigenvalue weighted by atomic mass is 10.4. The van der Waals surface area contributed by atoms with Gasteiger partial charge in [-0.3, -0.25) is 4.98 Å². The van der Waals surface area contributed by atoms with Gasteiger partial charge in [-0.2, -0.15) is 18.2 Å². The van der Waals surface area contributed by atoms with Crippen molar-refractivity contribution in [2.24, 2.45) is 0 Å². The number of ether oxygens (including phenoxy) is 1. The molecule has 0 atom stereocenters. The summed E-state index contributed by atoms with van der Waals surface area (Å²) in [6.07, 6.45) is -0.937. The summed E-state index contributed by atoms with van der Waals surface area (Å²) >= 11 is 5.65. The first-order chi connectivity index (χ1) is 8.45. The van der Waals surface area contributed by atoms with Crippen LogP contribution in [-0.4, -0.2) is 15.0 Å². The van der Waals surface area contributed by atoms with E-state index in [1.807, 2.05) is 0 Å². The Balaban J connectivity index is 2.25. The summed E-state index contributed by atoms with van der Waals surface area (Å²) in [4.78, 5) is 10.5. The van der Waals surface area contributed by atoms with Gasteiger partial charge in [-0.1, -0.05) is 11.6 Å². The molecule has 2 aromatic heterocycles. The molecule has 0 fully saturated rings. The van der Waals surface area contributed by atoms with Crippen molar-refractivity contribution in [3.05, 3.63) is 41.4 Å². The predicted molar refractivity (Wildman–Crippen MR) is 56.4 cm³/mol. The van der Waals surface area contributed by atoms with Gasteiger partial charge in [-0.15, -0.1) is 0 Å². The lowest BCUT2D eigenvalue weighted by Gasteiger charge is -2.07. The van der Waals surface area contributed by atoms with Gasteiger partial charge in [0.1, 0.15) is 0 Å². The molecule has 18 heavy (non-hydrogen) atoms. The van der Waals surface area contributed by atoms with Gasteiger partial charge in [0, 0.05) is 18.5 Å². The third-order valence-corrected chi connectivity index (χ3v) is 2.02. The Morgan fingerprint density at radius 2 is 2.00 bits per heavy atom. The van der Waals surface area contributed by atoms with Crippen LogP contribution in [0.4, 0.5) is 13.2 Å². The molecule has 94 valence electrons. The SMILES string of the molecule is FC(F)(F)c1ccnc(Oc2cncc(Cl)c2)n1. The average Bonchev–Trinajstić information content (AvgIpc) is 2.28. The zero-order valence-electron chi connectivity index (χ0n) is 8.65. The number of halogens is 4. The fourth-order valence-corrected chi connectivity index (χ4v) is 1.27. The minimum absolute atomic E-state index is 0.154. The first-order valence-corrected chi connectivity index (χ1v) is 5.01. The Labute approximate surface area is 104 Å². The summed E-state index contributed by atoms with van der Waals surface area (Å²) in [5.74, 6) is 0.154. The number of pyridine rings is 1. The minimum atomic E-state index is -4.55. The molecule has 0 aliphatic rings. The molecule has 0 bridgehead atoms. The van der Waals surface area contributed by atoms with E-state index in [9.17, 15) is 13.2 Å². The molecular weight excluding hydrogens is 271 g/mol. The smallest absolute Gasteiger partial charge is 0.423 e. The molecule has 8 heteroatoms. The third kappa shape index (κ3) is 3.07. The number of hydrogen-bond donors (Lipinski definition) is 0. The van der Waals surface area contributed by atoms with Crippen LogP contribution >= 0.6 is 11.6 Å². The Morgan fingerprint density at radius 1 is 1.22 bits per heavy atom. The fraction of sp³-hybridized carbons (Fsp3) is 0.100. The number of aromatic nitrogens is 3. The van der Waals surface area contributed by atoms with Gasteiger partial charge in [0.05, 0.1) is 11.2 Å². The quantitative estimate of drug-likeness (QED) is 0.843. The van der Waals surface area contributed by atoms with Crippen LogP contribution in [-0.2, 0) is 6.18 Å². The lowest BCUT2D eigenvalue weighted by molar-refractivity contribution is -0.141. The minimum Gasteiger partial charge on any atom is -0.423 e. The van der Waals surface area contributed by atoms with Gasteiger partial charge in [-0.05, 0) is 6.07 Å². The third-order valence-electron chi connectivity index (χ3n) is 1.81. The van der Waals surface area contributed by atoms with Crippen LogP contribution in [0, 0.1) is 0 Å². The van der Waals surface area contributed by atoms with Gasteiger partial charge in [0.15, 0.2) is 11.4 Å². The van der Waals surface area contributed by atoms with E-state index < -0.39 is 17.9 Å². The van der Waals surface area contributed by atoms with E-state index >= 15 is 0 Å². The standard InChI is InChI=1S/C10H5ClF3N3O/c11-6-3-7(5-15-4-6)18-9-16-2-1-8(17-9)10(12,13)14/h1-5H. The van der Waals surface area contributed by atoms with Crippen molar-refractivity contribution in [1.29, 1.82) is 0 Å².